The third kappa shape index (κ3) is 5.00. The Labute approximate surface area is 226 Å². The number of benzene rings is 4. The predicted octanol–water partition coefficient (Wildman–Crippen LogP) is 6.30. The van der Waals surface area contributed by atoms with Crippen LogP contribution >= 0.6 is 11.6 Å². The zero-order chi connectivity index (χ0) is 26.9. The molecule has 0 amide bonds. The average Bonchev–Trinajstić information content (AvgIpc) is 2.93. The van der Waals surface area contributed by atoms with E-state index in [0.29, 0.717) is 27.4 Å². The summed E-state index contributed by atoms with van der Waals surface area (Å²) in [4.78, 5) is 18.8. The number of para-hydroxylation sites is 1. The van der Waals surface area contributed by atoms with E-state index in [1.807, 2.05) is 67.6 Å². The number of nitrogens with zero attached hydrogens (tertiary/aromatic N) is 3. The minimum Gasteiger partial charge on any atom is -0.268 e. The maximum Gasteiger partial charge on any atom is 0.266 e. The summed E-state index contributed by atoms with van der Waals surface area (Å²) in [6.45, 7) is 3.82. The van der Waals surface area contributed by atoms with Gasteiger partial charge >= 0.3 is 0 Å². The maximum atomic E-state index is 14.1. The summed E-state index contributed by atoms with van der Waals surface area (Å²) in [6, 6.07) is 29.3. The van der Waals surface area contributed by atoms with Crippen LogP contribution in [-0.4, -0.2) is 22.3 Å². The average molecular weight is 544 g/mol. The molecule has 6 nitrogen and oxygen atoms in total. The summed E-state index contributed by atoms with van der Waals surface area (Å²) in [6.07, 6.45) is 0. The molecule has 0 fully saturated rings. The first-order chi connectivity index (χ1) is 18.3. The summed E-state index contributed by atoms with van der Waals surface area (Å²) in [5.74, 6) is 0.325. The second kappa shape index (κ2) is 10.5. The number of rotatable bonds is 7. The van der Waals surface area contributed by atoms with Crippen LogP contribution in [-0.2, 0) is 16.6 Å². The Kier molecular flexibility index (Phi) is 7.17. The Morgan fingerprint density at radius 2 is 1.50 bits per heavy atom. The van der Waals surface area contributed by atoms with E-state index in [9.17, 15) is 13.2 Å². The normalized spacial score (nSPS) is 12.6. The number of hydrogen-bond acceptors (Lipinski definition) is 4. The first kappa shape index (κ1) is 25.9. The molecule has 5 rings (SSSR count). The van der Waals surface area contributed by atoms with Gasteiger partial charge in [0.1, 0.15) is 5.82 Å². The highest BCUT2D eigenvalue weighted by Gasteiger charge is 2.33. The van der Waals surface area contributed by atoms with Gasteiger partial charge in [-0.2, -0.15) is 4.31 Å². The van der Waals surface area contributed by atoms with Crippen molar-refractivity contribution < 1.29 is 8.42 Å². The minimum absolute atomic E-state index is 0.0869. The molecule has 0 aliphatic carbocycles. The zero-order valence-electron chi connectivity index (χ0n) is 21.0. The zero-order valence-corrected chi connectivity index (χ0v) is 22.5. The van der Waals surface area contributed by atoms with Gasteiger partial charge in [-0.05, 0) is 67.9 Å². The van der Waals surface area contributed by atoms with E-state index in [1.54, 1.807) is 37.3 Å². The van der Waals surface area contributed by atoms with Gasteiger partial charge in [0.05, 0.1) is 27.5 Å². The molecule has 4 aromatic carbocycles. The van der Waals surface area contributed by atoms with Crippen LogP contribution < -0.4 is 5.56 Å². The predicted molar refractivity (Wildman–Crippen MR) is 151 cm³/mol. The van der Waals surface area contributed by atoms with Crippen molar-refractivity contribution in [2.24, 2.45) is 0 Å². The lowest BCUT2D eigenvalue weighted by Gasteiger charge is -2.30. The molecule has 38 heavy (non-hydrogen) atoms. The minimum atomic E-state index is -4.02. The Morgan fingerprint density at radius 1 is 0.868 bits per heavy atom. The topological polar surface area (TPSA) is 72.3 Å². The van der Waals surface area contributed by atoms with Gasteiger partial charge in [-0.25, -0.2) is 13.4 Å². The van der Waals surface area contributed by atoms with E-state index in [0.717, 1.165) is 11.1 Å². The Morgan fingerprint density at radius 3 is 2.18 bits per heavy atom. The fraction of sp³-hybridized carbons (Fsp3) is 0.133. The van der Waals surface area contributed by atoms with Crippen LogP contribution in [0.5, 0.6) is 0 Å². The van der Waals surface area contributed by atoms with Crippen LogP contribution in [0.1, 0.15) is 29.9 Å². The summed E-state index contributed by atoms with van der Waals surface area (Å²) in [7, 11) is -4.02. The number of sulfonamides is 1. The van der Waals surface area contributed by atoms with Crippen LogP contribution in [0, 0.1) is 6.92 Å². The second-order valence-corrected chi connectivity index (χ2v) is 11.5. The Bertz CT molecular complexity index is 1750. The van der Waals surface area contributed by atoms with Crippen molar-refractivity contribution in [2.75, 3.05) is 0 Å². The van der Waals surface area contributed by atoms with Crippen molar-refractivity contribution in [3.05, 3.63) is 135 Å². The molecule has 0 bridgehead atoms. The number of aryl methyl sites for hydroxylation is 1. The lowest BCUT2D eigenvalue weighted by atomic mass is 10.1. The smallest absolute Gasteiger partial charge is 0.266 e. The van der Waals surface area contributed by atoms with E-state index in [4.69, 9.17) is 16.6 Å². The van der Waals surface area contributed by atoms with Gasteiger partial charge in [-0.3, -0.25) is 9.36 Å². The van der Waals surface area contributed by atoms with Crippen molar-refractivity contribution >= 4 is 32.5 Å². The molecular weight excluding hydrogens is 518 g/mol. The standard InChI is InChI=1S/C30H26ClN3O3S/c1-21-12-16-25(17-13-21)34-29(32-28-11-7-6-10-27(28)30(34)35)22(2)33(20-23-8-4-3-5-9-23)38(36,37)26-18-14-24(31)15-19-26/h3-19,22H,20H2,1-2H3. The lowest BCUT2D eigenvalue weighted by Crippen LogP contribution is -2.37. The third-order valence-corrected chi connectivity index (χ3v) is 8.68. The second-order valence-electron chi connectivity index (χ2n) is 9.13. The fourth-order valence-electron chi connectivity index (χ4n) is 4.44. The van der Waals surface area contributed by atoms with E-state index in [-0.39, 0.29) is 17.0 Å². The van der Waals surface area contributed by atoms with Crippen molar-refractivity contribution in [3.8, 4) is 5.69 Å². The molecule has 5 aromatic rings. The van der Waals surface area contributed by atoms with Crippen molar-refractivity contribution in [1.82, 2.24) is 13.9 Å². The fourth-order valence-corrected chi connectivity index (χ4v) is 6.14. The molecule has 1 unspecified atom stereocenters. The molecule has 0 spiro atoms. The van der Waals surface area contributed by atoms with E-state index >= 15 is 0 Å². The third-order valence-electron chi connectivity index (χ3n) is 6.50. The monoisotopic (exact) mass is 543 g/mol. The van der Waals surface area contributed by atoms with Gasteiger partial charge in [0.2, 0.25) is 10.0 Å². The van der Waals surface area contributed by atoms with Gasteiger partial charge in [-0.15, -0.1) is 0 Å². The largest absolute Gasteiger partial charge is 0.268 e. The molecule has 1 heterocycles. The number of fused-ring (bicyclic) bond motifs is 1. The molecular formula is C30H26ClN3O3S. The first-order valence-electron chi connectivity index (χ1n) is 12.2. The van der Waals surface area contributed by atoms with Crippen molar-refractivity contribution in [2.45, 2.75) is 31.3 Å². The summed E-state index contributed by atoms with van der Waals surface area (Å²) in [5, 5.41) is 0.898. The van der Waals surface area contributed by atoms with Crippen LogP contribution in [0.3, 0.4) is 0 Å². The van der Waals surface area contributed by atoms with Crippen LogP contribution in [0.25, 0.3) is 16.6 Å². The summed E-state index contributed by atoms with van der Waals surface area (Å²) >= 11 is 6.05. The highest BCUT2D eigenvalue weighted by molar-refractivity contribution is 7.89. The highest BCUT2D eigenvalue weighted by Crippen LogP contribution is 2.31. The highest BCUT2D eigenvalue weighted by atomic mass is 35.5. The Balaban J connectivity index is 1.74. The van der Waals surface area contributed by atoms with Gasteiger partial charge in [-0.1, -0.05) is 71.8 Å². The van der Waals surface area contributed by atoms with E-state index in [1.165, 1.54) is 21.0 Å². The molecule has 8 heteroatoms. The molecule has 0 aliphatic heterocycles. The molecule has 192 valence electrons. The molecule has 0 aliphatic rings. The van der Waals surface area contributed by atoms with Crippen LogP contribution in [0.2, 0.25) is 5.02 Å². The van der Waals surface area contributed by atoms with Gasteiger partial charge in [0, 0.05) is 11.6 Å². The molecule has 0 saturated carbocycles. The summed E-state index contributed by atoms with van der Waals surface area (Å²) in [5.41, 5.74) is 2.71. The Hall–Kier alpha value is -3.78. The van der Waals surface area contributed by atoms with Gasteiger partial charge < -0.3 is 0 Å². The number of halogens is 1. The van der Waals surface area contributed by atoms with E-state index in [2.05, 4.69) is 0 Å². The summed E-state index contributed by atoms with van der Waals surface area (Å²) < 4.78 is 31.0. The van der Waals surface area contributed by atoms with Crippen LogP contribution in [0.4, 0.5) is 0 Å². The van der Waals surface area contributed by atoms with Gasteiger partial charge in [0.15, 0.2) is 0 Å². The van der Waals surface area contributed by atoms with Crippen molar-refractivity contribution in [1.29, 1.82) is 0 Å². The molecule has 1 aromatic heterocycles. The van der Waals surface area contributed by atoms with Crippen molar-refractivity contribution in [3.63, 3.8) is 0 Å². The molecule has 1 atom stereocenters. The number of aromatic nitrogens is 2. The number of hydrogen-bond donors (Lipinski definition) is 0. The lowest BCUT2D eigenvalue weighted by molar-refractivity contribution is 0.321. The van der Waals surface area contributed by atoms with E-state index < -0.39 is 16.1 Å². The molecule has 0 N–H and O–H groups in total. The maximum absolute atomic E-state index is 14.1. The molecule has 0 saturated heterocycles. The van der Waals surface area contributed by atoms with Crippen LogP contribution in [0.15, 0.2) is 113 Å². The van der Waals surface area contributed by atoms with Gasteiger partial charge in [0.25, 0.3) is 5.56 Å². The molecule has 0 radical (unpaired) electrons. The SMILES string of the molecule is Cc1ccc(-n2c(C(C)N(Cc3ccccc3)S(=O)(=O)c3ccc(Cl)cc3)nc3ccccc3c2=O)cc1. The first-order valence-corrected chi connectivity index (χ1v) is 14.0. The quantitative estimate of drug-likeness (QED) is 0.241.